The highest BCUT2D eigenvalue weighted by Crippen LogP contribution is 2.26. The number of rotatable bonds is 9. The van der Waals surface area contributed by atoms with Gasteiger partial charge in [-0.05, 0) is 35.9 Å². The molecule has 0 saturated carbocycles. The summed E-state index contributed by atoms with van der Waals surface area (Å²) in [6.07, 6.45) is 0. The van der Waals surface area contributed by atoms with Crippen molar-refractivity contribution in [1.82, 2.24) is 14.9 Å². The maximum absolute atomic E-state index is 12.3. The lowest BCUT2D eigenvalue weighted by molar-refractivity contribution is -0.118. The molecule has 0 aliphatic heterocycles. The molecule has 0 atom stereocenters. The predicted molar refractivity (Wildman–Crippen MR) is 112 cm³/mol. The highest BCUT2D eigenvalue weighted by atomic mass is 35.5. The van der Waals surface area contributed by atoms with E-state index < -0.39 is 0 Å². The molecule has 0 unspecified atom stereocenters. The number of aromatic nitrogens is 2. The number of halogens is 1. The number of nitrogens with zero attached hydrogens (tertiary/aromatic N) is 2. The Balaban J connectivity index is 1.64. The molecule has 1 heterocycles. The zero-order chi connectivity index (χ0) is 19.9. The molecule has 8 heteroatoms. The molecule has 0 saturated heterocycles. The highest BCUT2D eigenvalue weighted by molar-refractivity contribution is 7.99. The largest absolute Gasteiger partial charge is 0.497 e. The van der Waals surface area contributed by atoms with Crippen LogP contribution < -0.4 is 10.1 Å². The molecule has 28 heavy (non-hydrogen) atoms. The number of carbonyl (C=O) groups is 1. The summed E-state index contributed by atoms with van der Waals surface area (Å²) in [4.78, 5) is 16.9. The van der Waals surface area contributed by atoms with E-state index in [0.717, 1.165) is 27.5 Å². The molecule has 148 valence electrons. The van der Waals surface area contributed by atoms with E-state index in [9.17, 15) is 4.79 Å². The molecule has 0 aliphatic rings. The Morgan fingerprint density at radius 2 is 2.11 bits per heavy atom. The number of fused-ring (bicyclic) bond motifs is 1. The van der Waals surface area contributed by atoms with Crippen LogP contribution in [0.3, 0.4) is 0 Å². The van der Waals surface area contributed by atoms with E-state index in [-0.39, 0.29) is 11.7 Å². The molecule has 3 aromatic rings. The average Bonchev–Trinajstić information content (AvgIpc) is 3.05. The van der Waals surface area contributed by atoms with Gasteiger partial charge in [-0.2, -0.15) is 0 Å². The second-order valence-corrected chi connectivity index (χ2v) is 7.47. The van der Waals surface area contributed by atoms with Crippen molar-refractivity contribution in [3.63, 3.8) is 0 Å². The number of imidazole rings is 1. The molecule has 2 aromatic carbocycles. The molecule has 1 N–H and O–H groups in total. The van der Waals surface area contributed by atoms with Crippen molar-refractivity contribution in [2.75, 3.05) is 26.6 Å². The lowest BCUT2D eigenvalue weighted by atomic mass is 10.2. The highest BCUT2D eigenvalue weighted by Gasteiger charge is 2.13. The van der Waals surface area contributed by atoms with Crippen LogP contribution in [-0.4, -0.2) is 42.0 Å². The van der Waals surface area contributed by atoms with Gasteiger partial charge in [0.05, 0.1) is 30.5 Å². The summed E-state index contributed by atoms with van der Waals surface area (Å²) in [5.74, 6) is 0.983. The van der Waals surface area contributed by atoms with Crippen molar-refractivity contribution in [3.05, 3.63) is 53.1 Å². The fourth-order valence-electron chi connectivity index (χ4n) is 2.75. The third-order valence-electron chi connectivity index (χ3n) is 4.15. The lowest BCUT2D eigenvalue weighted by Gasteiger charge is -2.09. The van der Waals surface area contributed by atoms with Gasteiger partial charge in [0, 0.05) is 25.2 Å². The zero-order valence-corrected chi connectivity index (χ0v) is 17.3. The van der Waals surface area contributed by atoms with E-state index in [0.29, 0.717) is 24.7 Å². The Kier molecular flexibility index (Phi) is 7.19. The van der Waals surface area contributed by atoms with E-state index in [1.165, 1.54) is 11.8 Å². The van der Waals surface area contributed by atoms with Crippen LogP contribution in [0.1, 0.15) is 5.56 Å². The monoisotopic (exact) mass is 419 g/mol. The number of hydrogen-bond donors (Lipinski definition) is 1. The number of ether oxygens (including phenoxy) is 2. The Bertz CT molecular complexity index is 961. The van der Waals surface area contributed by atoms with E-state index in [2.05, 4.69) is 14.9 Å². The van der Waals surface area contributed by atoms with Gasteiger partial charge in [-0.3, -0.25) is 4.79 Å². The first-order valence-corrected chi connectivity index (χ1v) is 10.1. The Hall–Kier alpha value is -2.22. The summed E-state index contributed by atoms with van der Waals surface area (Å²) in [6, 6.07) is 13.2. The van der Waals surface area contributed by atoms with E-state index >= 15 is 0 Å². The average molecular weight is 420 g/mol. The lowest BCUT2D eigenvalue weighted by Crippen LogP contribution is -2.24. The minimum absolute atomic E-state index is 0.0591. The topological polar surface area (TPSA) is 65.4 Å². The molecule has 0 bridgehead atoms. The van der Waals surface area contributed by atoms with Gasteiger partial charge in [-0.1, -0.05) is 35.5 Å². The van der Waals surface area contributed by atoms with Crippen LogP contribution in [-0.2, 0) is 22.6 Å². The van der Waals surface area contributed by atoms with Gasteiger partial charge >= 0.3 is 0 Å². The summed E-state index contributed by atoms with van der Waals surface area (Å²) < 4.78 is 12.5. The first-order chi connectivity index (χ1) is 13.6. The van der Waals surface area contributed by atoms with E-state index in [1.807, 2.05) is 42.5 Å². The van der Waals surface area contributed by atoms with Crippen LogP contribution in [0, 0.1) is 0 Å². The van der Waals surface area contributed by atoms with Gasteiger partial charge in [-0.15, -0.1) is 0 Å². The molecule has 0 radical (unpaired) electrons. The Morgan fingerprint density at radius 3 is 2.89 bits per heavy atom. The van der Waals surface area contributed by atoms with Gasteiger partial charge in [0.1, 0.15) is 5.75 Å². The zero-order valence-electron chi connectivity index (χ0n) is 15.8. The summed E-state index contributed by atoms with van der Waals surface area (Å²) in [6.45, 7) is 1.67. The maximum atomic E-state index is 12.3. The molecular formula is C20H22ClN3O3S. The van der Waals surface area contributed by atoms with Crippen LogP contribution in [0.2, 0.25) is 5.02 Å². The smallest absolute Gasteiger partial charge is 0.230 e. The first-order valence-electron chi connectivity index (χ1n) is 8.78. The molecule has 0 fully saturated rings. The van der Waals surface area contributed by atoms with Crippen LogP contribution in [0.15, 0.2) is 47.6 Å². The van der Waals surface area contributed by atoms with Crippen molar-refractivity contribution in [2.45, 2.75) is 18.2 Å². The van der Waals surface area contributed by atoms with Crippen molar-refractivity contribution < 1.29 is 14.3 Å². The number of hydrogen-bond acceptors (Lipinski definition) is 5. The second kappa shape index (κ2) is 9.82. The van der Waals surface area contributed by atoms with E-state index in [1.54, 1.807) is 14.2 Å². The summed E-state index contributed by atoms with van der Waals surface area (Å²) in [7, 11) is 3.28. The minimum atomic E-state index is -0.0591. The quantitative estimate of drug-likeness (QED) is 0.535. The number of benzene rings is 2. The third-order valence-corrected chi connectivity index (χ3v) is 5.36. The van der Waals surface area contributed by atoms with Crippen LogP contribution in [0.5, 0.6) is 5.75 Å². The van der Waals surface area contributed by atoms with Crippen LogP contribution in [0.4, 0.5) is 0 Å². The number of thioether (sulfide) groups is 1. The van der Waals surface area contributed by atoms with Gasteiger partial charge in [0.15, 0.2) is 5.16 Å². The predicted octanol–water partition coefficient (Wildman–Crippen LogP) is 3.75. The van der Waals surface area contributed by atoms with Gasteiger partial charge in [0.2, 0.25) is 5.91 Å². The fraction of sp³-hybridized carbons (Fsp3) is 0.300. The van der Waals surface area contributed by atoms with Crippen molar-refractivity contribution >= 4 is 40.3 Å². The fourth-order valence-corrected chi connectivity index (χ4v) is 3.79. The van der Waals surface area contributed by atoms with Crippen molar-refractivity contribution in [1.29, 1.82) is 0 Å². The third kappa shape index (κ3) is 5.19. The molecule has 6 nitrogen and oxygen atoms in total. The second-order valence-electron chi connectivity index (χ2n) is 6.09. The molecule has 3 rings (SSSR count). The standard InChI is InChI=1S/C20H22ClN3O3S/c1-26-9-8-24-18-7-6-15(21)11-17(18)23-20(24)28-13-19(25)22-12-14-4-3-5-16(10-14)27-2/h3-7,10-11H,8-9,12-13H2,1-2H3,(H,22,25). The summed E-state index contributed by atoms with van der Waals surface area (Å²) in [5.41, 5.74) is 2.77. The number of carbonyl (C=O) groups excluding carboxylic acids is 1. The Labute approximate surface area is 173 Å². The van der Waals surface area contributed by atoms with Crippen molar-refractivity contribution in [2.24, 2.45) is 0 Å². The first kappa shape index (κ1) is 20.5. The SMILES string of the molecule is COCCn1c(SCC(=O)NCc2cccc(OC)c2)nc2cc(Cl)ccc21. The number of methoxy groups -OCH3 is 2. The van der Waals surface area contributed by atoms with Crippen LogP contribution >= 0.6 is 23.4 Å². The molecule has 0 aliphatic carbocycles. The molecular weight excluding hydrogens is 398 g/mol. The molecule has 1 aromatic heterocycles. The Morgan fingerprint density at radius 1 is 1.25 bits per heavy atom. The molecule has 0 spiro atoms. The van der Waals surface area contributed by atoms with Gasteiger partial charge < -0.3 is 19.4 Å². The maximum Gasteiger partial charge on any atom is 0.230 e. The molecule has 1 amide bonds. The number of nitrogens with one attached hydrogen (secondary N) is 1. The van der Waals surface area contributed by atoms with E-state index in [4.69, 9.17) is 21.1 Å². The van der Waals surface area contributed by atoms with Gasteiger partial charge in [0.25, 0.3) is 0 Å². The van der Waals surface area contributed by atoms with Crippen molar-refractivity contribution in [3.8, 4) is 5.75 Å². The van der Waals surface area contributed by atoms with Gasteiger partial charge in [-0.25, -0.2) is 4.98 Å². The summed E-state index contributed by atoms with van der Waals surface area (Å²) in [5, 5.41) is 4.33. The van der Waals surface area contributed by atoms with Crippen LogP contribution in [0.25, 0.3) is 11.0 Å². The summed E-state index contributed by atoms with van der Waals surface area (Å²) >= 11 is 7.48. The minimum Gasteiger partial charge on any atom is -0.497 e. The normalized spacial score (nSPS) is 11.0. The number of amides is 1.